The third kappa shape index (κ3) is 2.30. The van der Waals surface area contributed by atoms with Gasteiger partial charge in [-0.15, -0.1) is 0 Å². The summed E-state index contributed by atoms with van der Waals surface area (Å²) >= 11 is 0. The van der Waals surface area contributed by atoms with Crippen LogP contribution in [0.2, 0.25) is 0 Å². The molecule has 0 aromatic heterocycles. The number of carbonyl (C=O) groups excluding carboxylic acids is 1. The topological polar surface area (TPSA) is 48.0 Å². The molecule has 22 heavy (non-hydrogen) atoms. The minimum Gasteiger partial charge on any atom is -0.493 e. The molecule has 1 saturated heterocycles. The molecule has 118 valence electrons. The minimum atomic E-state index is 0.0242. The number of ether oxygens (including phenoxy) is 3. The van der Waals surface area contributed by atoms with Crippen LogP contribution < -0.4 is 14.2 Å². The Morgan fingerprint density at radius 2 is 1.77 bits per heavy atom. The Balaban J connectivity index is 1.98. The van der Waals surface area contributed by atoms with E-state index in [0.29, 0.717) is 28.9 Å². The van der Waals surface area contributed by atoms with Gasteiger partial charge in [-0.3, -0.25) is 4.79 Å². The van der Waals surface area contributed by atoms with Crippen molar-refractivity contribution in [2.75, 3.05) is 21.3 Å². The molecule has 1 amide bonds. The highest BCUT2D eigenvalue weighted by Crippen LogP contribution is 2.40. The monoisotopic (exact) mass is 303 g/mol. The summed E-state index contributed by atoms with van der Waals surface area (Å²) in [6, 6.07) is 3.97. The van der Waals surface area contributed by atoms with Gasteiger partial charge in [0.05, 0.1) is 27.4 Å². The fourth-order valence-corrected chi connectivity index (χ4v) is 3.40. The van der Waals surface area contributed by atoms with Crippen LogP contribution in [0.4, 0.5) is 0 Å². The van der Waals surface area contributed by atoms with Gasteiger partial charge in [-0.25, -0.2) is 0 Å². The number of benzene rings is 1. The van der Waals surface area contributed by atoms with Crippen LogP contribution in [0.5, 0.6) is 17.2 Å². The Hall–Kier alpha value is -2.17. The van der Waals surface area contributed by atoms with E-state index in [2.05, 4.69) is 12.2 Å². The van der Waals surface area contributed by atoms with Gasteiger partial charge in [0.25, 0.3) is 5.91 Å². The van der Waals surface area contributed by atoms with Crippen molar-refractivity contribution in [3.05, 3.63) is 29.8 Å². The molecule has 2 heterocycles. The summed E-state index contributed by atoms with van der Waals surface area (Å²) in [5.41, 5.74) is 0.571. The molecule has 2 aliphatic rings. The summed E-state index contributed by atoms with van der Waals surface area (Å²) in [4.78, 5) is 14.9. The molecule has 0 saturated carbocycles. The van der Waals surface area contributed by atoms with Gasteiger partial charge in [0.2, 0.25) is 5.75 Å². The number of amides is 1. The molecule has 2 unspecified atom stereocenters. The number of hydrogen-bond donors (Lipinski definition) is 0. The average Bonchev–Trinajstić information content (AvgIpc) is 2.81. The fraction of sp³-hybridized carbons (Fsp3) is 0.471. The highest BCUT2D eigenvalue weighted by molar-refractivity contribution is 5.96. The van der Waals surface area contributed by atoms with Crippen LogP contribution in [0, 0.1) is 0 Å². The molecule has 1 aromatic carbocycles. The summed E-state index contributed by atoms with van der Waals surface area (Å²) < 4.78 is 16.0. The van der Waals surface area contributed by atoms with Crippen LogP contribution >= 0.6 is 0 Å². The van der Waals surface area contributed by atoms with Crippen LogP contribution in [0.3, 0.4) is 0 Å². The second-order valence-electron chi connectivity index (χ2n) is 5.59. The van der Waals surface area contributed by atoms with Crippen LogP contribution in [0.1, 0.15) is 29.6 Å². The van der Waals surface area contributed by atoms with E-state index in [1.54, 1.807) is 33.5 Å². The molecular weight excluding hydrogens is 282 g/mol. The number of rotatable bonds is 4. The third-order valence-electron chi connectivity index (χ3n) is 4.46. The number of carbonyl (C=O) groups is 1. The predicted molar refractivity (Wildman–Crippen MR) is 82.8 cm³/mol. The van der Waals surface area contributed by atoms with Gasteiger partial charge in [-0.1, -0.05) is 12.2 Å². The second-order valence-corrected chi connectivity index (χ2v) is 5.59. The maximum absolute atomic E-state index is 12.9. The molecule has 5 nitrogen and oxygen atoms in total. The lowest BCUT2D eigenvalue weighted by Crippen LogP contribution is -2.42. The van der Waals surface area contributed by atoms with Gasteiger partial charge in [0.15, 0.2) is 11.5 Å². The molecule has 5 heteroatoms. The number of hydrogen-bond acceptors (Lipinski definition) is 4. The Morgan fingerprint density at radius 1 is 1.09 bits per heavy atom. The van der Waals surface area contributed by atoms with Crippen molar-refractivity contribution in [1.29, 1.82) is 0 Å². The smallest absolute Gasteiger partial charge is 0.254 e. The van der Waals surface area contributed by atoms with Crippen LogP contribution in [0.15, 0.2) is 24.3 Å². The van der Waals surface area contributed by atoms with Gasteiger partial charge < -0.3 is 19.1 Å². The van der Waals surface area contributed by atoms with Crippen molar-refractivity contribution in [1.82, 2.24) is 4.90 Å². The first-order valence-electron chi connectivity index (χ1n) is 7.49. The van der Waals surface area contributed by atoms with E-state index in [-0.39, 0.29) is 11.9 Å². The molecule has 3 rings (SSSR count). The zero-order valence-corrected chi connectivity index (χ0v) is 13.2. The van der Waals surface area contributed by atoms with Crippen LogP contribution in [-0.2, 0) is 0 Å². The quantitative estimate of drug-likeness (QED) is 0.802. The third-order valence-corrected chi connectivity index (χ3v) is 4.46. The number of fused-ring (bicyclic) bond motifs is 2. The van der Waals surface area contributed by atoms with E-state index in [4.69, 9.17) is 14.2 Å². The Morgan fingerprint density at radius 3 is 2.32 bits per heavy atom. The Labute approximate surface area is 130 Å². The van der Waals surface area contributed by atoms with Gasteiger partial charge in [0, 0.05) is 11.6 Å². The van der Waals surface area contributed by atoms with Crippen LogP contribution in [0.25, 0.3) is 0 Å². The second kappa shape index (κ2) is 5.91. The van der Waals surface area contributed by atoms with Crippen molar-refractivity contribution < 1.29 is 19.0 Å². The summed E-state index contributed by atoms with van der Waals surface area (Å²) in [6.07, 6.45) is 7.36. The fourth-order valence-electron chi connectivity index (χ4n) is 3.40. The summed E-state index contributed by atoms with van der Waals surface area (Å²) in [5.74, 6) is 1.54. The van der Waals surface area contributed by atoms with Gasteiger partial charge in [0.1, 0.15) is 0 Å². The molecule has 2 bridgehead atoms. The van der Waals surface area contributed by atoms with Crippen molar-refractivity contribution in [3.8, 4) is 17.2 Å². The highest BCUT2D eigenvalue weighted by Gasteiger charge is 2.37. The molecule has 0 aliphatic carbocycles. The first-order chi connectivity index (χ1) is 10.7. The predicted octanol–water partition coefficient (Wildman–Crippen LogP) is 2.65. The number of nitrogens with zero attached hydrogens (tertiary/aromatic N) is 1. The van der Waals surface area contributed by atoms with E-state index in [1.807, 2.05) is 4.90 Å². The minimum absolute atomic E-state index is 0.0242. The van der Waals surface area contributed by atoms with E-state index < -0.39 is 0 Å². The molecular formula is C17H21NO4. The molecule has 2 atom stereocenters. The maximum Gasteiger partial charge on any atom is 0.254 e. The lowest BCUT2D eigenvalue weighted by molar-refractivity contribution is 0.0688. The SMILES string of the molecule is COc1cc(C(=O)N2C3C=CCC2CC3)cc(OC)c1OC. The van der Waals surface area contributed by atoms with E-state index in [1.165, 1.54) is 0 Å². The lowest BCUT2D eigenvalue weighted by Gasteiger charge is -2.31. The van der Waals surface area contributed by atoms with Crippen molar-refractivity contribution in [2.45, 2.75) is 31.3 Å². The normalized spacial score (nSPS) is 22.6. The van der Waals surface area contributed by atoms with E-state index >= 15 is 0 Å². The summed E-state index contributed by atoms with van der Waals surface area (Å²) in [5, 5.41) is 0. The molecule has 0 N–H and O–H groups in total. The number of methoxy groups -OCH3 is 3. The molecule has 1 fully saturated rings. The van der Waals surface area contributed by atoms with Crippen molar-refractivity contribution >= 4 is 5.91 Å². The maximum atomic E-state index is 12.9. The summed E-state index contributed by atoms with van der Waals surface area (Å²) in [7, 11) is 4.66. The first-order valence-corrected chi connectivity index (χ1v) is 7.49. The van der Waals surface area contributed by atoms with E-state index in [9.17, 15) is 4.79 Å². The van der Waals surface area contributed by atoms with Gasteiger partial charge in [-0.05, 0) is 31.4 Å². The Kier molecular flexibility index (Phi) is 3.96. The van der Waals surface area contributed by atoms with Crippen molar-refractivity contribution in [2.24, 2.45) is 0 Å². The zero-order valence-electron chi connectivity index (χ0n) is 13.2. The van der Waals surface area contributed by atoms with E-state index in [0.717, 1.165) is 19.3 Å². The highest BCUT2D eigenvalue weighted by atomic mass is 16.5. The van der Waals surface area contributed by atoms with Gasteiger partial charge in [-0.2, -0.15) is 0 Å². The lowest BCUT2D eigenvalue weighted by atomic mass is 10.1. The largest absolute Gasteiger partial charge is 0.493 e. The van der Waals surface area contributed by atoms with Crippen LogP contribution in [-0.4, -0.2) is 44.2 Å². The first kappa shape index (κ1) is 14.8. The molecule has 1 aromatic rings. The summed E-state index contributed by atoms with van der Waals surface area (Å²) in [6.45, 7) is 0. The van der Waals surface area contributed by atoms with Gasteiger partial charge >= 0.3 is 0 Å². The van der Waals surface area contributed by atoms with Crippen molar-refractivity contribution in [3.63, 3.8) is 0 Å². The molecule has 2 aliphatic heterocycles. The molecule has 0 radical (unpaired) electrons. The zero-order chi connectivity index (χ0) is 15.7. The molecule has 0 spiro atoms. The standard InChI is InChI=1S/C17H21NO4/c1-20-14-9-11(10-15(21-2)16(14)22-3)17(19)18-12-5-4-6-13(18)8-7-12/h4-5,9-10,12-13H,6-8H2,1-3H3. The Bertz CT molecular complexity index is 586. The average molecular weight is 303 g/mol.